The van der Waals surface area contributed by atoms with Crippen LogP contribution in [0.2, 0.25) is 0 Å². The van der Waals surface area contributed by atoms with E-state index in [9.17, 15) is 14.4 Å². The number of unbranched alkanes of at least 4 members (excludes halogenated alkanes) is 1. The highest BCUT2D eigenvalue weighted by molar-refractivity contribution is 6.25. The molecule has 1 aliphatic heterocycles. The van der Waals surface area contributed by atoms with Gasteiger partial charge in [-0.05, 0) is 84.6 Å². The molecule has 0 aromatic heterocycles. The van der Waals surface area contributed by atoms with Gasteiger partial charge in [-0.2, -0.15) is 0 Å². The number of carbonyl (C=O) groups excluding carboxylic acids is 3. The molecule has 0 bridgehead atoms. The van der Waals surface area contributed by atoms with Gasteiger partial charge in [-0.3, -0.25) is 19.3 Å². The second kappa shape index (κ2) is 12.8. The summed E-state index contributed by atoms with van der Waals surface area (Å²) in [5.41, 5.74) is 2.04. The average molecular weight is 585 g/mol. The monoisotopic (exact) mass is 584 g/mol. The fraction of sp³-hybridized carbons (Fsp3) is 0.162. The minimum atomic E-state index is -0.369. The summed E-state index contributed by atoms with van der Waals surface area (Å²) >= 11 is 0. The molecule has 0 radical (unpaired) electrons. The van der Waals surface area contributed by atoms with Crippen molar-refractivity contribution in [1.29, 1.82) is 0 Å². The van der Waals surface area contributed by atoms with Crippen LogP contribution in [0.1, 0.15) is 50.8 Å². The summed E-state index contributed by atoms with van der Waals surface area (Å²) in [6.07, 6.45) is 1.98. The van der Waals surface area contributed by atoms with E-state index in [1.807, 2.05) is 54.6 Å². The molecule has 0 atom stereocenters. The predicted molar refractivity (Wildman–Crippen MR) is 171 cm³/mol. The van der Waals surface area contributed by atoms with Crippen LogP contribution in [0.3, 0.4) is 0 Å². The lowest BCUT2D eigenvalue weighted by atomic mass is 9.94. The number of anilines is 1. The largest absolute Gasteiger partial charge is 0.494 e. The number of rotatable bonds is 11. The second-order valence-corrected chi connectivity index (χ2v) is 10.6. The van der Waals surface area contributed by atoms with Crippen molar-refractivity contribution in [3.63, 3.8) is 0 Å². The summed E-state index contributed by atoms with van der Waals surface area (Å²) in [7, 11) is 0. The Bertz CT molecular complexity index is 1750. The molecule has 0 saturated carbocycles. The number of imide groups is 1. The van der Waals surface area contributed by atoms with Crippen molar-refractivity contribution in [2.75, 3.05) is 24.6 Å². The SMILES string of the molecule is CCCCOc1ccc(C(=O)N(CCN2C(=O)c3cccc4cccc(c34)C2=O)c2ccc(Oc3ccccc3)cc2)cc1. The zero-order valence-electron chi connectivity index (χ0n) is 24.4. The first-order valence-electron chi connectivity index (χ1n) is 14.8. The molecule has 5 aromatic carbocycles. The fourth-order valence-electron chi connectivity index (χ4n) is 5.33. The summed E-state index contributed by atoms with van der Waals surface area (Å²) in [5.74, 6) is 1.01. The first kappa shape index (κ1) is 28.7. The van der Waals surface area contributed by atoms with Gasteiger partial charge in [-0.15, -0.1) is 0 Å². The molecule has 0 spiro atoms. The smallest absolute Gasteiger partial charge is 0.261 e. The first-order chi connectivity index (χ1) is 21.5. The Balaban J connectivity index is 1.26. The molecule has 0 fully saturated rings. The number of benzene rings is 5. The van der Waals surface area contributed by atoms with Crippen molar-refractivity contribution in [2.24, 2.45) is 0 Å². The molecular formula is C37H32N2O5. The molecule has 220 valence electrons. The number of hydrogen-bond donors (Lipinski definition) is 0. The molecule has 44 heavy (non-hydrogen) atoms. The molecule has 0 saturated heterocycles. The van der Waals surface area contributed by atoms with Crippen molar-refractivity contribution in [1.82, 2.24) is 4.90 Å². The lowest BCUT2D eigenvalue weighted by molar-refractivity contribution is 0.0611. The van der Waals surface area contributed by atoms with E-state index in [1.165, 1.54) is 4.90 Å². The Morgan fingerprint density at radius 1 is 0.705 bits per heavy atom. The lowest BCUT2D eigenvalue weighted by Crippen LogP contribution is -2.46. The normalized spacial score (nSPS) is 12.3. The van der Waals surface area contributed by atoms with E-state index >= 15 is 0 Å². The van der Waals surface area contributed by atoms with Gasteiger partial charge in [0.1, 0.15) is 17.2 Å². The van der Waals surface area contributed by atoms with Gasteiger partial charge in [0.25, 0.3) is 17.7 Å². The van der Waals surface area contributed by atoms with Gasteiger partial charge < -0.3 is 14.4 Å². The fourth-order valence-corrected chi connectivity index (χ4v) is 5.33. The third-order valence-electron chi connectivity index (χ3n) is 7.64. The standard InChI is InChI=1S/C37H32N2O5/c1-2-3-25-43-29-19-15-27(16-20-29)35(40)38(28-17-21-31(22-18-28)44-30-11-5-4-6-12-30)23-24-39-36(41)32-13-7-9-26-10-8-14-33(34(26)32)37(39)42/h4-22H,2-3,23-25H2,1H3. The molecule has 3 amide bonds. The quantitative estimate of drug-likeness (QED) is 0.117. The molecular weight excluding hydrogens is 552 g/mol. The number of ether oxygens (including phenoxy) is 2. The van der Waals surface area contributed by atoms with E-state index in [4.69, 9.17) is 9.47 Å². The van der Waals surface area contributed by atoms with E-state index in [1.54, 1.807) is 65.6 Å². The topological polar surface area (TPSA) is 76.2 Å². The molecule has 0 aliphatic carbocycles. The Kier molecular flexibility index (Phi) is 8.36. The van der Waals surface area contributed by atoms with Gasteiger partial charge in [0, 0.05) is 40.9 Å². The van der Waals surface area contributed by atoms with Gasteiger partial charge in [0.05, 0.1) is 6.61 Å². The summed E-state index contributed by atoms with van der Waals surface area (Å²) < 4.78 is 11.7. The van der Waals surface area contributed by atoms with E-state index in [2.05, 4.69) is 6.92 Å². The number of amides is 3. The minimum absolute atomic E-state index is 0.0224. The van der Waals surface area contributed by atoms with Crippen molar-refractivity contribution in [2.45, 2.75) is 19.8 Å². The highest BCUT2D eigenvalue weighted by Crippen LogP contribution is 2.31. The summed E-state index contributed by atoms with van der Waals surface area (Å²) in [4.78, 5) is 43.8. The highest BCUT2D eigenvalue weighted by Gasteiger charge is 2.33. The zero-order chi connectivity index (χ0) is 30.5. The van der Waals surface area contributed by atoms with Gasteiger partial charge >= 0.3 is 0 Å². The summed E-state index contributed by atoms with van der Waals surface area (Å²) in [5, 5.41) is 1.52. The van der Waals surface area contributed by atoms with Crippen LogP contribution in [-0.2, 0) is 0 Å². The highest BCUT2D eigenvalue weighted by atomic mass is 16.5. The Labute approximate surface area is 256 Å². The van der Waals surface area contributed by atoms with Crippen molar-refractivity contribution in [3.05, 3.63) is 132 Å². The lowest BCUT2D eigenvalue weighted by Gasteiger charge is -2.30. The van der Waals surface area contributed by atoms with Crippen LogP contribution >= 0.6 is 0 Å². The second-order valence-electron chi connectivity index (χ2n) is 10.6. The average Bonchev–Trinajstić information content (AvgIpc) is 3.06. The van der Waals surface area contributed by atoms with Crippen LogP contribution in [0.5, 0.6) is 17.2 Å². The van der Waals surface area contributed by atoms with Crippen LogP contribution in [0.15, 0.2) is 115 Å². The molecule has 1 heterocycles. The minimum Gasteiger partial charge on any atom is -0.494 e. The van der Waals surface area contributed by atoms with Gasteiger partial charge in [0.15, 0.2) is 0 Å². The van der Waals surface area contributed by atoms with E-state index in [0.717, 1.165) is 18.2 Å². The molecule has 5 aromatic rings. The molecule has 7 heteroatoms. The summed E-state index contributed by atoms with van der Waals surface area (Å²) in [6, 6.07) is 34.6. The van der Waals surface area contributed by atoms with Gasteiger partial charge in [-0.1, -0.05) is 55.8 Å². The number of carbonyl (C=O) groups is 3. The predicted octanol–water partition coefficient (Wildman–Crippen LogP) is 7.75. The Morgan fingerprint density at radius 3 is 1.95 bits per heavy atom. The molecule has 0 unspecified atom stereocenters. The van der Waals surface area contributed by atoms with Crippen molar-refractivity contribution in [3.8, 4) is 17.2 Å². The van der Waals surface area contributed by atoms with Crippen LogP contribution < -0.4 is 14.4 Å². The molecule has 6 rings (SSSR count). The molecule has 7 nitrogen and oxygen atoms in total. The molecule has 0 N–H and O–H groups in total. The first-order valence-corrected chi connectivity index (χ1v) is 14.8. The third kappa shape index (κ3) is 5.90. The Morgan fingerprint density at radius 2 is 1.32 bits per heavy atom. The van der Waals surface area contributed by atoms with Crippen LogP contribution in [0.25, 0.3) is 10.8 Å². The number of nitrogens with zero attached hydrogens (tertiary/aromatic N) is 2. The summed E-state index contributed by atoms with van der Waals surface area (Å²) in [6.45, 7) is 2.84. The van der Waals surface area contributed by atoms with E-state index < -0.39 is 0 Å². The van der Waals surface area contributed by atoms with Gasteiger partial charge in [0.2, 0.25) is 0 Å². The number of hydrogen-bond acceptors (Lipinski definition) is 5. The zero-order valence-corrected chi connectivity index (χ0v) is 24.4. The number of para-hydroxylation sites is 1. The van der Waals surface area contributed by atoms with Gasteiger partial charge in [-0.25, -0.2) is 0 Å². The molecule has 1 aliphatic rings. The maximum atomic E-state index is 13.9. The van der Waals surface area contributed by atoms with Crippen LogP contribution in [0.4, 0.5) is 5.69 Å². The van der Waals surface area contributed by atoms with E-state index in [0.29, 0.717) is 51.6 Å². The third-order valence-corrected chi connectivity index (χ3v) is 7.64. The van der Waals surface area contributed by atoms with Crippen molar-refractivity contribution < 1.29 is 23.9 Å². The Hall–Kier alpha value is -5.43. The maximum Gasteiger partial charge on any atom is 0.261 e. The van der Waals surface area contributed by atoms with Crippen LogP contribution in [0, 0.1) is 0 Å². The maximum absolute atomic E-state index is 13.9. The van der Waals surface area contributed by atoms with Crippen molar-refractivity contribution >= 4 is 34.2 Å². The van der Waals surface area contributed by atoms with E-state index in [-0.39, 0.29) is 30.8 Å². The van der Waals surface area contributed by atoms with Crippen LogP contribution in [-0.4, -0.2) is 42.3 Å².